The molecule has 1 amide bonds. The van der Waals surface area contributed by atoms with Gasteiger partial charge in [0.15, 0.2) is 5.82 Å². The number of amides is 1. The van der Waals surface area contributed by atoms with Gasteiger partial charge in [0, 0.05) is 49.2 Å². The van der Waals surface area contributed by atoms with Gasteiger partial charge < -0.3 is 19.8 Å². The van der Waals surface area contributed by atoms with E-state index in [1.807, 2.05) is 4.90 Å². The van der Waals surface area contributed by atoms with E-state index < -0.39 is 12.0 Å². The summed E-state index contributed by atoms with van der Waals surface area (Å²) in [5, 5.41) is 18.2. The molecule has 0 bridgehead atoms. The van der Waals surface area contributed by atoms with Crippen LogP contribution >= 0.6 is 0 Å². The Morgan fingerprint density at radius 2 is 1.91 bits per heavy atom. The molecule has 32 heavy (non-hydrogen) atoms. The van der Waals surface area contributed by atoms with Crippen LogP contribution < -0.4 is 5.32 Å². The predicted octanol–water partition coefficient (Wildman–Crippen LogP) is 2.99. The first-order valence-corrected chi connectivity index (χ1v) is 12.1. The first kappa shape index (κ1) is 22.2. The van der Waals surface area contributed by atoms with Crippen LogP contribution in [0.1, 0.15) is 82.8 Å². The van der Waals surface area contributed by atoms with Crippen molar-refractivity contribution in [1.29, 1.82) is 0 Å². The maximum Gasteiger partial charge on any atom is 0.249 e. The molecule has 3 heterocycles. The number of nitrogens with zero attached hydrogens (tertiary/aromatic N) is 3. The number of rotatable bonds is 4. The number of carbonyl (C=O) groups is 1. The van der Waals surface area contributed by atoms with Crippen LogP contribution in [0.2, 0.25) is 0 Å². The number of halogens is 2. The summed E-state index contributed by atoms with van der Waals surface area (Å²) in [5.74, 6) is -1.81. The molecule has 7 nitrogen and oxygen atoms in total. The van der Waals surface area contributed by atoms with Crippen molar-refractivity contribution in [2.75, 3.05) is 19.6 Å². The van der Waals surface area contributed by atoms with Gasteiger partial charge in [-0.2, -0.15) is 4.98 Å². The third-order valence-corrected chi connectivity index (χ3v) is 8.91. The van der Waals surface area contributed by atoms with Crippen LogP contribution in [0.5, 0.6) is 0 Å². The van der Waals surface area contributed by atoms with E-state index in [0.29, 0.717) is 50.6 Å². The first-order valence-electron chi connectivity index (χ1n) is 12.1. The summed E-state index contributed by atoms with van der Waals surface area (Å²) < 4.78 is 31.9. The van der Waals surface area contributed by atoms with Gasteiger partial charge in [-0.3, -0.25) is 4.79 Å². The van der Waals surface area contributed by atoms with E-state index in [1.165, 1.54) is 0 Å². The van der Waals surface area contributed by atoms with Crippen LogP contribution in [0, 0.1) is 11.3 Å². The summed E-state index contributed by atoms with van der Waals surface area (Å²) in [6.45, 7) is 6.11. The minimum atomic E-state index is -2.63. The molecule has 2 atom stereocenters. The highest BCUT2D eigenvalue weighted by molar-refractivity contribution is 5.82. The SMILES string of the molecule is CC(C)C1(c2noc(C3CC(F)(F)C3)n2)CCN(C(=O)[C@@H]2C[C@@H](O)C3(CCC3)CN2)CC1. The molecule has 0 radical (unpaired) electrons. The fraction of sp³-hybridized carbons (Fsp3) is 0.870. The van der Waals surface area contributed by atoms with E-state index in [-0.39, 0.29) is 47.5 Å². The van der Waals surface area contributed by atoms with Crippen LogP contribution in [0.4, 0.5) is 8.78 Å². The summed E-state index contributed by atoms with van der Waals surface area (Å²) in [7, 11) is 0. The highest BCUT2D eigenvalue weighted by Gasteiger charge is 2.51. The van der Waals surface area contributed by atoms with Crippen molar-refractivity contribution in [3.8, 4) is 0 Å². The summed E-state index contributed by atoms with van der Waals surface area (Å²) in [5.41, 5.74) is -0.355. The highest BCUT2D eigenvalue weighted by atomic mass is 19.3. The molecule has 4 fully saturated rings. The molecule has 2 aliphatic carbocycles. The van der Waals surface area contributed by atoms with E-state index in [9.17, 15) is 18.7 Å². The van der Waals surface area contributed by atoms with Crippen LogP contribution in [0.15, 0.2) is 4.52 Å². The van der Waals surface area contributed by atoms with Gasteiger partial charge in [-0.25, -0.2) is 8.78 Å². The fourth-order valence-corrected chi connectivity index (χ4v) is 6.17. The molecular formula is C23H34F2N4O3. The molecule has 2 saturated heterocycles. The fourth-order valence-electron chi connectivity index (χ4n) is 6.17. The van der Waals surface area contributed by atoms with E-state index in [2.05, 4.69) is 29.3 Å². The van der Waals surface area contributed by atoms with Gasteiger partial charge in [0.25, 0.3) is 0 Å². The Hall–Kier alpha value is -1.61. The third kappa shape index (κ3) is 3.56. The Bertz CT molecular complexity index is 853. The zero-order chi connectivity index (χ0) is 22.7. The summed E-state index contributed by atoms with van der Waals surface area (Å²) in [6.07, 6.45) is 4.24. The van der Waals surface area contributed by atoms with Crippen molar-refractivity contribution in [3.63, 3.8) is 0 Å². The van der Waals surface area contributed by atoms with Crippen LogP contribution in [0.25, 0.3) is 0 Å². The van der Waals surface area contributed by atoms with E-state index in [1.54, 1.807) is 0 Å². The molecule has 0 unspecified atom stereocenters. The van der Waals surface area contributed by atoms with Gasteiger partial charge in [-0.1, -0.05) is 25.4 Å². The first-order chi connectivity index (χ1) is 15.1. The van der Waals surface area contributed by atoms with E-state index in [4.69, 9.17) is 4.52 Å². The molecule has 2 saturated carbocycles. The van der Waals surface area contributed by atoms with Crippen molar-refractivity contribution >= 4 is 5.91 Å². The van der Waals surface area contributed by atoms with Crippen LogP contribution in [-0.2, 0) is 10.2 Å². The van der Waals surface area contributed by atoms with Gasteiger partial charge >= 0.3 is 0 Å². The number of alkyl halides is 2. The minimum Gasteiger partial charge on any atom is -0.392 e. The van der Waals surface area contributed by atoms with Gasteiger partial charge in [0.1, 0.15) is 0 Å². The maximum absolute atomic E-state index is 13.3. The van der Waals surface area contributed by atoms with Gasteiger partial charge in [0.05, 0.1) is 12.1 Å². The minimum absolute atomic E-state index is 0.0216. The standard InChI is InChI=1S/C23H34F2N4O3/c1-14(2)22(20-27-18(32-28-20)15-11-23(24,25)12-15)6-8-29(9-7-22)19(31)16-10-17(30)21(13-26-16)4-3-5-21/h14-17,26,30H,3-13H2,1-2H3/t16-,17+/m0/s1. The van der Waals surface area contributed by atoms with Crippen molar-refractivity contribution < 1.29 is 23.2 Å². The molecule has 1 aromatic rings. The predicted molar refractivity (Wildman–Crippen MR) is 112 cm³/mol. The van der Waals surface area contributed by atoms with Crippen LogP contribution in [-0.4, -0.2) is 63.8 Å². The Morgan fingerprint density at radius 1 is 1.22 bits per heavy atom. The number of hydrogen-bond donors (Lipinski definition) is 2. The number of likely N-dealkylation sites (tertiary alicyclic amines) is 1. The third-order valence-electron chi connectivity index (χ3n) is 8.91. The number of nitrogens with one attached hydrogen (secondary N) is 1. The zero-order valence-corrected chi connectivity index (χ0v) is 18.9. The number of aliphatic hydroxyl groups excluding tert-OH is 1. The monoisotopic (exact) mass is 452 g/mol. The smallest absolute Gasteiger partial charge is 0.249 e. The molecular weight excluding hydrogens is 418 g/mol. The van der Waals surface area contributed by atoms with E-state index >= 15 is 0 Å². The summed E-state index contributed by atoms with van der Waals surface area (Å²) in [6, 6.07) is -0.333. The van der Waals surface area contributed by atoms with Gasteiger partial charge in [-0.15, -0.1) is 0 Å². The molecule has 0 aromatic carbocycles. The Balaban J connectivity index is 1.23. The molecule has 4 aliphatic rings. The average Bonchev–Trinajstić information content (AvgIpc) is 3.20. The molecule has 2 N–H and O–H groups in total. The number of aliphatic hydroxyl groups is 1. The number of carbonyl (C=O) groups excluding carboxylic acids is 1. The Kier molecular flexibility index (Phi) is 5.36. The summed E-state index contributed by atoms with van der Waals surface area (Å²) in [4.78, 5) is 19.6. The van der Waals surface area contributed by atoms with Crippen molar-refractivity contribution in [3.05, 3.63) is 11.7 Å². The van der Waals surface area contributed by atoms with Gasteiger partial charge in [-0.05, 0) is 38.0 Å². The topological polar surface area (TPSA) is 91.5 Å². The number of hydrogen-bond acceptors (Lipinski definition) is 6. The Morgan fingerprint density at radius 3 is 2.44 bits per heavy atom. The average molecular weight is 453 g/mol. The quantitative estimate of drug-likeness (QED) is 0.730. The normalized spacial score (nSPS) is 31.4. The number of aromatic nitrogens is 2. The molecule has 178 valence electrons. The summed E-state index contributed by atoms with van der Waals surface area (Å²) >= 11 is 0. The largest absolute Gasteiger partial charge is 0.392 e. The van der Waals surface area contributed by atoms with Gasteiger partial charge in [0.2, 0.25) is 17.7 Å². The lowest BCUT2D eigenvalue weighted by molar-refractivity contribution is -0.141. The lowest BCUT2D eigenvalue weighted by Crippen LogP contribution is -2.62. The highest BCUT2D eigenvalue weighted by Crippen LogP contribution is 2.49. The second-order valence-electron chi connectivity index (χ2n) is 11.0. The zero-order valence-electron chi connectivity index (χ0n) is 18.9. The Labute approximate surface area is 187 Å². The van der Waals surface area contributed by atoms with Crippen LogP contribution in [0.3, 0.4) is 0 Å². The second kappa shape index (κ2) is 7.72. The maximum atomic E-state index is 13.3. The molecule has 1 aromatic heterocycles. The van der Waals surface area contributed by atoms with Crippen molar-refractivity contribution in [1.82, 2.24) is 20.4 Å². The molecule has 2 aliphatic heterocycles. The molecule has 5 rings (SSSR count). The molecule has 1 spiro atoms. The molecule has 9 heteroatoms. The lowest BCUT2D eigenvalue weighted by Gasteiger charge is -2.51. The van der Waals surface area contributed by atoms with E-state index in [0.717, 1.165) is 19.3 Å². The number of piperidine rings is 2. The lowest BCUT2D eigenvalue weighted by atomic mass is 9.62. The van der Waals surface area contributed by atoms with Crippen molar-refractivity contribution in [2.45, 2.75) is 94.6 Å². The second-order valence-corrected chi connectivity index (χ2v) is 11.0. The van der Waals surface area contributed by atoms with Crippen molar-refractivity contribution in [2.24, 2.45) is 11.3 Å².